The average molecular weight is 335 g/mol. The van der Waals surface area contributed by atoms with Crippen LogP contribution < -0.4 is 5.56 Å². The highest BCUT2D eigenvalue weighted by atomic mass is 19.4. The normalized spacial score (nSPS) is 18.8. The molecule has 0 spiro atoms. The zero-order valence-electron chi connectivity index (χ0n) is 12.1. The lowest BCUT2D eigenvalue weighted by atomic mass is 9.91. The summed E-state index contributed by atoms with van der Waals surface area (Å²) in [6.45, 7) is 0.485. The number of nitro groups is 1. The molecule has 128 valence electrons. The number of halogens is 3. The number of nitrogens with zero attached hydrogens (tertiary/aromatic N) is 3. The number of piperidine rings is 1. The first kappa shape index (κ1) is 17.4. The molecule has 0 saturated carbocycles. The summed E-state index contributed by atoms with van der Waals surface area (Å²) >= 11 is 0. The van der Waals surface area contributed by atoms with E-state index in [9.17, 15) is 33.2 Å². The van der Waals surface area contributed by atoms with Gasteiger partial charge in [-0.05, 0) is 12.8 Å². The first-order chi connectivity index (χ1) is 10.6. The molecule has 0 bridgehead atoms. The quantitative estimate of drug-likeness (QED) is 0.658. The molecule has 0 unspecified atom stereocenters. The van der Waals surface area contributed by atoms with Gasteiger partial charge in [0.15, 0.2) is 5.60 Å². The van der Waals surface area contributed by atoms with Gasteiger partial charge in [-0.15, -0.1) is 0 Å². The molecule has 2 heterocycles. The van der Waals surface area contributed by atoms with Crippen LogP contribution in [0.3, 0.4) is 0 Å². The maximum absolute atomic E-state index is 12.7. The Balaban J connectivity index is 1.95. The number of rotatable bonds is 4. The highest BCUT2D eigenvalue weighted by molar-refractivity contribution is 5.24. The topological polar surface area (TPSA) is 88.6 Å². The SMILES string of the molecule is O=c1ccc([N+](=O)[O-])cn1CCN1CCC(O)(C(F)(F)F)CC1. The summed E-state index contributed by atoms with van der Waals surface area (Å²) in [6.07, 6.45) is -4.41. The molecule has 1 aliphatic heterocycles. The molecular formula is C13H16F3N3O4. The molecule has 10 heteroatoms. The fourth-order valence-electron chi connectivity index (χ4n) is 2.48. The van der Waals surface area contributed by atoms with Gasteiger partial charge in [-0.1, -0.05) is 0 Å². The Kier molecular flexibility index (Phi) is 4.76. The van der Waals surface area contributed by atoms with Gasteiger partial charge in [-0.2, -0.15) is 13.2 Å². The Labute approximate surface area is 129 Å². The smallest absolute Gasteiger partial charge is 0.380 e. The predicted molar refractivity (Wildman–Crippen MR) is 74.0 cm³/mol. The highest BCUT2D eigenvalue weighted by Crippen LogP contribution is 2.38. The van der Waals surface area contributed by atoms with Gasteiger partial charge in [0.2, 0.25) is 0 Å². The number of aliphatic hydroxyl groups is 1. The second-order valence-electron chi connectivity index (χ2n) is 5.55. The van der Waals surface area contributed by atoms with Gasteiger partial charge in [0.25, 0.3) is 11.2 Å². The lowest BCUT2D eigenvalue weighted by molar-refractivity contribution is -0.385. The Morgan fingerprint density at radius 3 is 2.39 bits per heavy atom. The van der Waals surface area contributed by atoms with Gasteiger partial charge in [-0.25, -0.2) is 0 Å². The monoisotopic (exact) mass is 335 g/mol. The molecule has 0 amide bonds. The summed E-state index contributed by atoms with van der Waals surface area (Å²) in [5.74, 6) is 0. The lowest BCUT2D eigenvalue weighted by Gasteiger charge is -2.39. The Hall–Kier alpha value is -1.94. The first-order valence-corrected chi connectivity index (χ1v) is 6.99. The van der Waals surface area contributed by atoms with E-state index in [0.717, 1.165) is 22.9 Å². The van der Waals surface area contributed by atoms with E-state index in [1.807, 2.05) is 0 Å². The summed E-state index contributed by atoms with van der Waals surface area (Å²) in [6, 6.07) is 2.18. The summed E-state index contributed by atoms with van der Waals surface area (Å²) in [5.41, 5.74) is -3.31. The maximum Gasteiger partial charge on any atom is 0.417 e. The van der Waals surface area contributed by atoms with Crippen molar-refractivity contribution in [2.75, 3.05) is 19.6 Å². The standard InChI is InChI=1S/C13H16F3N3O4/c14-13(15,16)12(21)3-5-17(6-4-12)7-8-18-9-10(19(22)23)1-2-11(18)20/h1-2,9,21H,3-8H2. The fraction of sp³-hybridized carbons (Fsp3) is 0.615. The average Bonchev–Trinajstić information content (AvgIpc) is 2.46. The third-order valence-electron chi connectivity index (χ3n) is 4.05. The van der Waals surface area contributed by atoms with Gasteiger partial charge in [0, 0.05) is 38.3 Å². The van der Waals surface area contributed by atoms with Crippen molar-refractivity contribution >= 4 is 5.69 Å². The number of aromatic nitrogens is 1. The van der Waals surface area contributed by atoms with Crippen molar-refractivity contribution in [2.45, 2.75) is 31.2 Å². The lowest BCUT2D eigenvalue weighted by Crippen LogP contribution is -2.53. The van der Waals surface area contributed by atoms with E-state index in [-0.39, 0.29) is 31.9 Å². The van der Waals surface area contributed by atoms with Gasteiger partial charge in [0.05, 0.1) is 11.1 Å². The minimum Gasteiger partial charge on any atom is -0.380 e. The van der Waals surface area contributed by atoms with Gasteiger partial charge < -0.3 is 14.6 Å². The molecule has 0 atom stereocenters. The fourth-order valence-corrected chi connectivity index (χ4v) is 2.48. The molecule has 0 radical (unpaired) electrons. The summed E-state index contributed by atoms with van der Waals surface area (Å²) < 4.78 is 39.3. The Morgan fingerprint density at radius 2 is 1.87 bits per heavy atom. The van der Waals surface area contributed by atoms with E-state index < -0.39 is 35.1 Å². The van der Waals surface area contributed by atoms with Crippen LogP contribution in [0.5, 0.6) is 0 Å². The Morgan fingerprint density at radius 1 is 1.26 bits per heavy atom. The molecule has 1 saturated heterocycles. The first-order valence-electron chi connectivity index (χ1n) is 6.99. The number of pyridine rings is 1. The van der Waals surface area contributed by atoms with E-state index in [1.165, 1.54) is 0 Å². The molecule has 0 aliphatic carbocycles. The molecule has 23 heavy (non-hydrogen) atoms. The van der Waals surface area contributed by atoms with Crippen LogP contribution >= 0.6 is 0 Å². The number of hydrogen-bond donors (Lipinski definition) is 1. The second-order valence-corrected chi connectivity index (χ2v) is 5.55. The van der Waals surface area contributed by atoms with Crippen LogP contribution in [-0.4, -0.2) is 50.9 Å². The van der Waals surface area contributed by atoms with E-state index in [1.54, 1.807) is 4.90 Å². The molecule has 1 aliphatic rings. The van der Waals surface area contributed by atoms with Crippen molar-refractivity contribution in [1.82, 2.24) is 9.47 Å². The van der Waals surface area contributed by atoms with Crippen molar-refractivity contribution in [1.29, 1.82) is 0 Å². The van der Waals surface area contributed by atoms with Crippen LogP contribution in [0.25, 0.3) is 0 Å². The molecule has 1 aromatic rings. The summed E-state index contributed by atoms with van der Waals surface area (Å²) in [7, 11) is 0. The van der Waals surface area contributed by atoms with Crippen LogP contribution in [0.2, 0.25) is 0 Å². The van der Waals surface area contributed by atoms with Crippen molar-refractivity contribution in [3.05, 3.63) is 38.8 Å². The zero-order valence-corrected chi connectivity index (χ0v) is 12.1. The number of likely N-dealkylation sites (tertiary alicyclic amines) is 1. The van der Waals surface area contributed by atoms with E-state index >= 15 is 0 Å². The van der Waals surface area contributed by atoms with Gasteiger partial charge >= 0.3 is 6.18 Å². The third-order valence-corrected chi connectivity index (χ3v) is 4.05. The Bertz CT molecular complexity index is 636. The van der Waals surface area contributed by atoms with E-state index in [4.69, 9.17) is 0 Å². The van der Waals surface area contributed by atoms with Crippen LogP contribution in [0.4, 0.5) is 18.9 Å². The van der Waals surface area contributed by atoms with Crippen molar-refractivity contribution in [3.8, 4) is 0 Å². The summed E-state index contributed by atoms with van der Waals surface area (Å²) in [5, 5.41) is 20.3. The second kappa shape index (κ2) is 6.28. The van der Waals surface area contributed by atoms with E-state index in [2.05, 4.69) is 0 Å². The largest absolute Gasteiger partial charge is 0.417 e. The number of hydrogen-bond acceptors (Lipinski definition) is 5. The zero-order chi connectivity index (χ0) is 17.3. The molecule has 1 fully saturated rings. The minimum absolute atomic E-state index is 0.0414. The summed E-state index contributed by atoms with van der Waals surface area (Å²) in [4.78, 5) is 23.4. The van der Waals surface area contributed by atoms with Crippen LogP contribution in [0.1, 0.15) is 12.8 Å². The predicted octanol–water partition coefficient (Wildman–Crippen LogP) is 1.15. The molecule has 2 rings (SSSR count). The molecule has 1 aromatic heterocycles. The minimum atomic E-state index is -4.66. The van der Waals surface area contributed by atoms with Crippen molar-refractivity contribution < 1.29 is 23.2 Å². The van der Waals surface area contributed by atoms with Gasteiger partial charge in [-0.3, -0.25) is 14.9 Å². The van der Waals surface area contributed by atoms with E-state index in [0.29, 0.717) is 0 Å². The van der Waals surface area contributed by atoms with Crippen LogP contribution in [-0.2, 0) is 6.54 Å². The van der Waals surface area contributed by atoms with Gasteiger partial charge in [0.1, 0.15) is 0 Å². The maximum atomic E-state index is 12.7. The third kappa shape index (κ3) is 3.88. The molecule has 0 aromatic carbocycles. The van der Waals surface area contributed by atoms with Crippen molar-refractivity contribution in [2.24, 2.45) is 0 Å². The number of alkyl halides is 3. The van der Waals surface area contributed by atoms with Crippen LogP contribution in [0.15, 0.2) is 23.1 Å². The van der Waals surface area contributed by atoms with Crippen LogP contribution in [0, 0.1) is 10.1 Å². The molecular weight excluding hydrogens is 319 g/mol. The highest BCUT2D eigenvalue weighted by Gasteiger charge is 2.54. The molecule has 1 N–H and O–H groups in total. The molecule has 7 nitrogen and oxygen atoms in total. The van der Waals surface area contributed by atoms with Crippen molar-refractivity contribution in [3.63, 3.8) is 0 Å².